The van der Waals surface area contributed by atoms with Crippen LogP contribution in [0.15, 0.2) is 30.3 Å². The molecular weight excluding hydrogens is 967 g/mol. The highest BCUT2D eigenvalue weighted by atomic mass is 16.5. The van der Waals surface area contributed by atoms with Gasteiger partial charge in [-0.1, -0.05) is 44.2 Å². The fourth-order valence-electron chi connectivity index (χ4n) is 29.1. The van der Waals surface area contributed by atoms with Gasteiger partial charge in [0.2, 0.25) is 0 Å². The van der Waals surface area contributed by atoms with Gasteiger partial charge in [-0.2, -0.15) is 0 Å². The molecule has 1 heterocycles. The molecule has 0 radical (unpaired) electrons. The summed E-state index contributed by atoms with van der Waals surface area (Å²) in [5, 5.41) is 91.1. The minimum atomic E-state index is -0.308. The van der Waals surface area contributed by atoms with Gasteiger partial charge in [0.15, 0.2) is 0 Å². The number of hydrogen-bond acceptors (Lipinski definition) is 2. The Morgan fingerprint density at radius 3 is 0.863 bits per heavy atom. The molecule has 1 saturated heterocycles. The first kappa shape index (κ1) is 32.6. The SMILES string of the molecule is CN1CC23c4c5c6c7c8c9c(c%10c%11c2c2c4c4c%12c5c5c6c6c8c8c%13c9c9c%10c%10c%11c%11c2c2c4c4c%12c%12c5c5c6c8c6c8c%13c9c9c%10c%10c%11c2c2c4c4c%12c5c6c5c8c9c%10c2c45)C73C1(C)[C@H]1C[C@H](COCc2ccccc2)C1(C)C. The average Bonchev–Trinajstić information content (AvgIpc) is 1.46. The van der Waals surface area contributed by atoms with Gasteiger partial charge in [-0.3, -0.25) is 4.90 Å². The van der Waals surface area contributed by atoms with Crippen molar-refractivity contribution >= 4 is 291 Å². The Labute approximate surface area is 443 Å². The van der Waals surface area contributed by atoms with Gasteiger partial charge in [-0.05, 0) is 356 Å². The summed E-state index contributed by atoms with van der Waals surface area (Å²) in [6.07, 6.45) is 1.20. The average molecular weight is 994 g/mol. The second-order valence-corrected chi connectivity index (χ2v) is 30.7. The van der Waals surface area contributed by atoms with Gasteiger partial charge >= 0.3 is 0 Å². The van der Waals surface area contributed by atoms with Crippen molar-refractivity contribution in [1.82, 2.24) is 4.90 Å². The molecule has 0 bridgehead atoms. The lowest BCUT2D eigenvalue weighted by molar-refractivity contribution is -0.142. The van der Waals surface area contributed by atoms with E-state index < -0.39 is 0 Å². The molecule has 1 saturated carbocycles. The van der Waals surface area contributed by atoms with Crippen LogP contribution in [0.5, 0.6) is 0 Å². The molecule has 80 heavy (non-hydrogen) atoms. The Balaban J connectivity index is 0.957. The largest absolute Gasteiger partial charge is 0.376 e. The predicted octanol–water partition coefficient (Wildman–Crippen LogP) is 19.9. The van der Waals surface area contributed by atoms with Crippen LogP contribution >= 0.6 is 0 Å². The molecule has 6 aliphatic rings. The lowest BCUT2D eigenvalue weighted by atomic mass is 9.38. The zero-order valence-corrected chi connectivity index (χ0v) is 43.2. The Bertz CT molecular complexity index is 7560. The van der Waals surface area contributed by atoms with Crippen LogP contribution in [-0.4, -0.2) is 30.6 Å². The first-order valence-electron chi connectivity index (χ1n) is 30.5. The number of hydrogen-bond donors (Lipinski definition) is 0. The zero-order valence-electron chi connectivity index (χ0n) is 43.2. The number of benzene rings is 19. The van der Waals surface area contributed by atoms with E-state index in [9.17, 15) is 0 Å². The second-order valence-electron chi connectivity index (χ2n) is 30.7. The maximum atomic E-state index is 6.86. The summed E-state index contributed by atoms with van der Waals surface area (Å²) in [5.74, 6) is 0.941. The van der Waals surface area contributed by atoms with Crippen LogP contribution in [0.3, 0.4) is 0 Å². The van der Waals surface area contributed by atoms with E-state index in [2.05, 4.69) is 63.1 Å². The van der Waals surface area contributed by atoms with Gasteiger partial charge in [0, 0.05) is 12.1 Å². The molecule has 2 fully saturated rings. The summed E-state index contributed by atoms with van der Waals surface area (Å²) in [5.41, 5.74) is 7.81. The van der Waals surface area contributed by atoms with E-state index in [1.165, 1.54) is 12.0 Å². The Morgan fingerprint density at radius 2 is 0.600 bits per heavy atom. The quantitative estimate of drug-likeness (QED) is 0.159. The molecule has 5 aliphatic carbocycles. The third-order valence-electron chi connectivity index (χ3n) is 30.1. The molecule has 29 aromatic carbocycles. The van der Waals surface area contributed by atoms with Gasteiger partial charge in [0.05, 0.1) is 24.0 Å². The van der Waals surface area contributed by atoms with E-state index in [0.29, 0.717) is 18.4 Å². The Hall–Kier alpha value is -8.40. The lowest BCUT2D eigenvalue weighted by Crippen LogP contribution is -2.69. The fourth-order valence-corrected chi connectivity index (χ4v) is 29.1. The van der Waals surface area contributed by atoms with Gasteiger partial charge in [0.25, 0.3) is 0 Å². The lowest BCUT2D eigenvalue weighted by Gasteiger charge is -2.66. The van der Waals surface area contributed by atoms with Crippen molar-refractivity contribution in [3.05, 3.63) is 58.1 Å². The van der Waals surface area contributed by atoms with Crippen molar-refractivity contribution in [3.63, 3.8) is 0 Å². The number of ether oxygens (including phenoxy) is 1. The van der Waals surface area contributed by atoms with Crippen LogP contribution in [0.1, 0.15) is 55.0 Å². The minimum absolute atomic E-state index is 0.0508. The van der Waals surface area contributed by atoms with Crippen molar-refractivity contribution in [2.45, 2.75) is 50.2 Å². The van der Waals surface area contributed by atoms with Crippen LogP contribution in [0.25, 0.3) is 291 Å². The highest BCUT2D eigenvalue weighted by Gasteiger charge is 2.82. The maximum absolute atomic E-state index is 6.86. The topological polar surface area (TPSA) is 12.5 Å². The van der Waals surface area contributed by atoms with Gasteiger partial charge in [-0.25, -0.2) is 0 Å². The van der Waals surface area contributed by atoms with Crippen molar-refractivity contribution in [1.29, 1.82) is 0 Å². The van der Waals surface area contributed by atoms with Crippen molar-refractivity contribution in [3.8, 4) is 0 Å². The zero-order chi connectivity index (χ0) is 48.9. The predicted molar refractivity (Wildman–Crippen MR) is 336 cm³/mol. The molecule has 350 valence electrons. The monoisotopic (exact) mass is 993 g/mol. The summed E-state index contributed by atoms with van der Waals surface area (Å²) in [6.45, 7) is 10.9. The van der Waals surface area contributed by atoms with E-state index in [1.807, 2.05) is 22.3 Å². The van der Waals surface area contributed by atoms with Gasteiger partial charge in [-0.15, -0.1) is 0 Å². The van der Waals surface area contributed by atoms with E-state index in [4.69, 9.17) is 4.74 Å². The van der Waals surface area contributed by atoms with E-state index >= 15 is 0 Å². The first-order valence-corrected chi connectivity index (χ1v) is 30.5. The first-order chi connectivity index (χ1) is 39.4. The number of rotatable bonds is 5. The van der Waals surface area contributed by atoms with Crippen molar-refractivity contribution in [2.24, 2.45) is 17.3 Å². The third-order valence-corrected chi connectivity index (χ3v) is 30.1. The number of nitrogens with zero attached hydrogens (tertiary/aromatic N) is 1. The molecule has 35 rings (SSSR count). The van der Waals surface area contributed by atoms with Crippen LogP contribution in [-0.2, 0) is 22.2 Å². The molecule has 2 spiro atoms. The molecule has 29 aromatic rings. The van der Waals surface area contributed by atoms with Crippen LogP contribution in [0.4, 0.5) is 0 Å². The second kappa shape index (κ2) is 7.64. The normalized spacial score (nSPS) is 26.8. The molecule has 0 N–H and O–H groups in total. The smallest absolute Gasteiger partial charge is 0.0717 e. The van der Waals surface area contributed by atoms with E-state index in [0.717, 1.165) is 13.2 Å². The van der Waals surface area contributed by atoms with Gasteiger partial charge < -0.3 is 4.74 Å². The molecule has 3 atom stereocenters. The van der Waals surface area contributed by atoms with Crippen LogP contribution in [0, 0.1) is 17.3 Å². The summed E-state index contributed by atoms with van der Waals surface area (Å²) in [4.78, 5) is 3.10. The van der Waals surface area contributed by atoms with Crippen LogP contribution < -0.4 is 0 Å². The fraction of sp³-hybridized carbons (Fsp3) is 0.179. The van der Waals surface area contributed by atoms with Gasteiger partial charge in [0.1, 0.15) is 0 Å². The minimum Gasteiger partial charge on any atom is -0.376 e. The Kier molecular flexibility index (Phi) is 3.11. The van der Waals surface area contributed by atoms with Crippen molar-refractivity contribution in [2.75, 3.05) is 20.2 Å². The molecule has 1 unspecified atom stereocenters. The molecule has 2 nitrogen and oxygen atoms in total. The third kappa shape index (κ3) is 1.85. The highest BCUT2D eigenvalue weighted by molar-refractivity contribution is 6.82. The molecule has 0 amide bonds. The summed E-state index contributed by atoms with van der Waals surface area (Å²) < 4.78 is 6.86. The molecule has 0 aromatic heterocycles. The number of likely N-dealkylation sites (tertiary alicyclic amines) is 1. The Morgan fingerprint density at radius 1 is 0.350 bits per heavy atom. The van der Waals surface area contributed by atoms with Crippen LogP contribution in [0.2, 0.25) is 0 Å². The molecule has 2 heteroatoms. The molecule has 1 aliphatic heterocycles. The summed E-state index contributed by atoms with van der Waals surface area (Å²) >= 11 is 0. The number of likely N-dealkylation sites (N-methyl/N-ethyl adjacent to an activating group) is 1. The summed E-state index contributed by atoms with van der Waals surface area (Å²) in [6, 6.07) is 10.9. The maximum Gasteiger partial charge on any atom is 0.0717 e. The standard InChI is InChI=1S/C78H27NO/c1-75(2)15(12-80-11-14-8-6-5-7-9-14)10-16(75)76(3)78-73-67-61-51-39-31-23-19-17-18-21-25(23)33(39)43-37-29(21)30-22(18)26-24-20(17)28-27(19)35-41(31)49-55-45(35)46-36(28)42-32(24)40-34(26)44-38(30)48-47(37)59(53(43)61)69(73)70-60(48)54(44)62-52(40)58-50(42)56(46)64-63(55)71(65(67)57(49)51)77(78,13-79(76)4)72(64)66(58)68(62)74(70)78/h5-9,15-16H,10-13H2,1-4H3/t15-,16+,76?,77?,78?/m1/s1. The van der Waals surface area contributed by atoms with Crippen molar-refractivity contribution < 1.29 is 4.74 Å². The van der Waals surface area contributed by atoms with E-state index in [-0.39, 0.29) is 21.8 Å². The van der Waals surface area contributed by atoms with E-state index in [1.54, 1.807) is 291 Å². The molecular formula is C78H27NO. The summed E-state index contributed by atoms with van der Waals surface area (Å²) in [7, 11) is 2.67. The highest BCUT2D eigenvalue weighted by Crippen LogP contribution is 2.88.